The molecule has 1 unspecified atom stereocenters. The molecule has 0 aliphatic carbocycles. The van der Waals surface area contributed by atoms with Gasteiger partial charge in [-0.15, -0.1) is 0 Å². The summed E-state index contributed by atoms with van der Waals surface area (Å²) >= 11 is 0. The molecule has 0 radical (unpaired) electrons. The minimum absolute atomic E-state index is 0.0515. The number of aromatic amines is 1. The molecule has 1 aliphatic rings. The summed E-state index contributed by atoms with van der Waals surface area (Å²) in [6.07, 6.45) is 0. The van der Waals surface area contributed by atoms with Crippen LogP contribution in [0.15, 0.2) is 48.5 Å². The van der Waals surface area contributed by atoms with Crippen LogP contribution in [0.25, 0.3) is 11.0 Å². The number of hydrogen-bond donors (Lipinski definition) is 2. The molecular weight excluding hydrogens is 328 g/mol. The van der Waals surface area contributed by atoms with E-state index in [0.29, 0.717) is 11.6 Å². The first-order valence-corrected chi connectivity index (χ1v) is 8.45. The van der Waals surface area contributed by atoms with Crippen molar-refractivity contribution in [3.8, 4) is 5.75 Å². The van der Waals surface area contributed by atoms with Crippen LogP contribution in [-0.4, -0.2) is 34.2 Å². The summed E-state index contributed by atoms with van der Waals surface area (Å²) in [5.74, 6) is 0.644. The third-order valence-corrected chi connectivity index (χ3v) is 4.93. The van der Waals surface area contributed by atoms with E-state index in [1.165, 1.54) is 0 Å². The zero-order valence-electron chi connectivity index (χ0n) is 14.9. The Morgan fingerprint density at radius 1 is 1.19 bits per heavy atom. The molecule has 6 heteroatoms. The third-order valence-electron chi connectivity index (χ3n) is 4.93. The molecule has 6 nitrogen and oxygen atoms in total. The van der Waals surface area contributed by atoms with Crippen molar-refractivity contribution >= 4 is 28.3 Å². The Kier molecular flexibility index (Phi) is 3.57. The van der Waals surface area contributed by atoms with Gasteiger partial charge in [-0.3, -0.25) is 10.2 Å². The number of nitrogens with one attached hydrogen (secondary N) is 2. The maximum absolute atomic E-state index is 13.2. The summed E-state index contributed by atoms with van der Waals surface area (Å²) in [7, 11) is 1.60. The van der Waals surface area contributed by atoms with Crippen molar-refractivity contribution in [2.45, 2.75) is 25.3 Å². The molecule has 2 aromatic carbocycles. The average Bonchev–Trinajstić information content (AvgIpc) is 3.12. The molecule has 0 bridgehead atoms. The van der Waals surface area contributed by atoms with Crippen molar-refractivity contribution in [3.63, 3.8) is 0 Å². The van der Waals surface area contributed by atoms with Crippen molar-refractivity contribution < 1.29 is 9.53 Å². The van der Waals surface area contributed by atoms with E-state index in [0.717, 1.165) is 16.7 Å². The second-order valence-corrected chi connectivity index (χ2v) is 6.92. The molecule has 1 saturated heterocycles. The first kappa shape index (κ1) is 16.3. The molecule has 0 amide bonds. The Bertz CT molecular complexity index is 988. The number of aromatic nitrogens is 2. The Hall–Kier alpha value is -3.15. The van der Waals surface area contributed by atoms with E-state index in [2.05, 4.69) is 9.97 Å². The number of anilines is 1. The van der Waals surface area contributed by atoms with Crippen LogP contribution in [0.4, 0.5) is 5.69 Å². The number of fused-ring (bicyclic) bond motifs is 1. The lowest BCUT2D eigenvalue weighted by atomic mass is 9.93. The summed E-state index contributed by atoms with van der Waals surface area (Å²) < 4.78 is 5.30. The number of methoxy groups -OCH3 is 1. The Balaban J connectivity index is 1.80. The van der Waals surface area contributed by atoms with E-state index in [1.54, 1.807) is 12.0 Å². The highest BCUT2D eigenvalue weighted by Crippen LogP contribution is 2.40. The van der Waals surface area contributed by atoms with Crippen LogP contribution < -0.4 is 9.64 Å². The summed E-state index contributed by atoms with van der Waals surface area (Å²) in [5, 5.41) is 8.73. The first-order chi connectivity index (χ1) is 12.4. The van der Waals surface area contributed by atoms with Crippen LogP contribution in [0.5, 0.6) is 5.75 Å². The molecule has 1 atom stereocenters. The molecule has 132 valence electrons. The maximum atomic E-state index is 13.2. The van der Waals surface area contributed by atoms with E-state index in [4.69, 9.17) is 10.1 Å². The SMILES string of the molecule is COc1cccc(N2C(=N)C(c3nc4ccccc4[nH]3)C(=O)C2(C)C)c1. The maximum Gasteiger partial charge on any atom is 0.176 e. The standard InChI is InChI=1S/C20H20N4O2/c1-20(2)17(25)16(19-22-14-9-4-5-10-15(14)23-19)18(21)24(20)12-7-6-8-13(11-12)26-3/h4-11,16,21H,1-3H3,(H,22,23). The molecule has 2 heterocycles. The van der Waals surface area contributed by atoms with Crippen molar-refractivity contribution in [2.24, 2.45) is 0 Å². The second kappa shape index (κ2) is 5.69. The highest BCUT2D eigenvalue weighted by atomic mass is 16.5. The van der Waals surface area contributed by atoms with Crippen LogP contribution in [0.2, 0.25) is 0 Å². The van der Waals surface area contributed by atoms with Gasteiger partial charge in [0.25, 0.3) is 0 Å². The van der Waals surface area contributed by atoms with Gasteiger partial charge in [0, 0.05) is 11.8 Å². The lowest BCUT2D eigenvalue weighted by Gasteiger charge is -2.31. The molecular formula is C20H20N4O2. The Labute approximate surface area is 151 Å². The van der Waals surface area contributed by atoms with Gasteiger partial charge in [0.15, 0.2) is 5.78 Å². The number of amidine groups is 1. The van der Waals surface area contributed by atoms with Crippen LogP contribution in [0, 0.1) is 5.41 Å². The molecule has 1 fully saturated rings. The number of ketones is 1. The summed E-state index contributed by atoms with van der Waals surface area (Å²) in [6.45, 7) is 3.68. The number of ether oxygens (including phenoxy) is 1. The van der Waals surface area contributed by atoms with E-state index in [9.17, 15) is 4.79 Å². The normalized spacial score (nSPS) is 19.3. The number of rotatable bonds is 3. The number of benzene rings is 2. The van der Waals surface area contributed by atoms with Gasteiger partial charge in [-0.1, -0.05) is 18.2 Å². The van der Waals surface area contributed by atoms with Gasteiger partial charge in [-0.2, -0.15) is 0 Å². The fraction of sp³-hybridized carbons (Fsp3) is 0.250. The van der Waals surface area contributed by atoms with Gasteiger partial charge in [0.05, 0.1) is 18.1 Å². The number of nitrogens with zero attached hydrogens (tertiary/aromatic N) is 2. The molecule has 4 rings (SSSR count). The number of H-pyrrole nitrogens is 1. The van der Waals surface area contributed by atoms with Gasteiger partial charge in [-0.25, -0.2) is 4.98 Å². The Morgan fingerprint density at radius 2 is 1.96 bits per heavy atom. The first-order valence-electron chi connectivity index (χ1n) is 8.45. The minimum atomic E-state index is -0.854. The van der Waals surface area contributed by atoms with Crippen LogP contribution >= 0.6 is 0 Å². The minimum Gasteiger partial charge on any atom is -0.497 e. The predicted octanol–water partition coefficient (Wildman–Crippen LogP) is 3.50. The average molecular weight is 348 g/mol. The number of para-hydroxylation sites is 2. The van der Waals surface area contributed by atoms with Gasteiger partial charge < -0.3 is 14.6 Å². The van der Waals surface area contributed by atoms with Gasteiger partial charge >= 0.3 is 0 Å². The zero-order valence-corrected chi connectivity index (χ0v) is 14.9. The van der Waals surface area contributed by atoms with Crippen LogP contribution in [0.3, 0.4) is 0 Å². The Morgan fingerprint density at radius 3 is 2.69 bits per heavy atom. The van der Waals surface area contributed by atoms with Crippen LogP contribution in [0.1, 0.15) is 25.6 Å². The third kappa shape index (κ3) is 2.29. The lowest BCUT2D eigenvalue weighted by Crippen LogP contribution is -2.44. The van der Waals surface area contributed by atoms with E-state index in [1.807, 2.05) is 62.4 Å². The molecule has 1 aromatic heterocycles. The van der Waals surface area contributed by atoms with Crippen molar-refractivity contribution in [2.75, 3.05) is 12.0 Å². The number of hydrogen-bond acceptors (Lipinski definition) is 4. The zero-order chi connectivity index (χ0) is 18.5. The predicted molar refractivity (Wildman–Crippen MR) is 101 cm³/mol. The highest BCUT2D eigenvalue weighted by Gasteiger charge is 2.52. The molecule has 2 N–H and O–H groups in total. The number of carbonyl (C=O) groups excluding carboxylic acids is 1. The van der Waals surface area contributed by atoms with Crippen LogP contribution in [-0.2, 0) is 4.79 Å². The number of carbonyl (C=O) groups is 1. The molecule has 1 aliphatic heterocycles. The van der Waals surface area contributed by atoms with E-state index in [-0.39, 0.29) is 11.6 Å². The molecule has 26 heavy (non-hydrogen) atoms. The quantitative estimate of drug-likeness (QED) is 0.759. The van der Waals surface area contributed by atoms with Crippen molar-refractivity contribution in [3.05, 3.63) is 54.4 Å². The summed E-state index contributed by atoms with van der Waals surface area (Å²) in [5.41, 5.74) is 1.56. The summed E-state index contributed by atoms with van der Waals surface area (Å²) in [4.78, 5) is 22.7. The highest BCUT2D eigenvalue weighted by molar-refractivity contribution is 6.25. The van der Waals surface area contributed by atoms with Crippen molar-refractivity contribution in [1.29, 1.82) is 5.41 Å². The fourth-order valence-electron chi connectivity index (χ4n) is 3.59. The molecule has 0 spiro atoms. The molecule has 0 saturated carbocycles. The number of imidazole rings is 1. The smallest absolute Gasteiger partial charge is 0.176 e. The monoisotopic (exact) mass is 348 g/mol. The van der Waals surface area contributed by atoms with Crippen molar-refractivity contribution in [1.82, 2.24) is 9.97 Å². The lowest BCUT2D eigenvalue weighted by molar-refractivity contribution is -0.121. The largest absolute Gasteiger partial charge is 0.497 e. The van der Waals surface area contributed by atoms with Gasteiger partial charge in [0.1, 0.15) is 28.9 Å². The molecule has 3 aromatic rings. The van der Waals surface area contributed by atoms with Gasteiger partial charge in [0.2, 0.25) is 0 Å². The van der Waals surface area contributed by atoms with Gasteiger partial charge in [-0.05, 0) is 38.1 Å². The number of Topliss-reactive ketones (excluding diaryl/α,β-unsaturated/α-hetero) is 1. The topological polar surface area (TPSA) is 82.1 Å². The summed E-state index contributed by atoms with van der Waals surface area (Å²) in [6, 6.07) is 15.0. The second-order valence-electron chi connectivity index (χ2n) is 6.92. The fourth-order valence-corrected chi connectivity index (χ4v) is 3.59. The van der Waals surface area contributed by atoms with E-state index < -0.39 is 11.5 Å². The van der Waals surface area contributed by atoms with E-state index >= 15 is 0 Å².